The number of carbonyl (C=O) groups is 1. The molecule has 1 N–H and O–H groups in total. The van der Waals surface area contributed by atoms with Crippen molar-refractivity contribution in [1.29, 1.82) is 0 Å². The van der Waals surface area contributed by atoms with Gasteiger partial charge in [0.2, 0.25) is 0 Å². The predicted octanol–water partition coefficient (Wildman–Crippen LogP) is -0.391. The van der Waals surface area contributed by atoms with Crippen molar-refractivity contribution in [2.24, 2.45) is 0 Å². The van der Waals surface area contributed by atoms with Gasteiger partial charge in [-0.25, -0.2) is 4.79 Å². The van der Waals surface area contributed by atoms with Crippen LogP contribution in [0.5, 0.6) is 0 Å². The molecule has 0 saturated carbocycles. The number of aliphatic hydroxyl groups excluding tert-OH is 1. The first-order valence-corrected chi connectivity index (χ1v) is 2.69. The molecule has 0 rings (SSSR count). The average molecular weight is 149 g/mol. The van der Waals surface area contributed by atoms with Crippen LogP contribution in [0.4, 0.5) is 4.79 Å². The van der Waals surface area contributed by atoms with Crippen LogP contribution in [0, 0.1) is 0 Å². The molecule has 60 valence electrons. The molecular weight excluding hydrogens is 138 g/mol. The second-order valence-electron chi connectivity index (χ2n) is 1.57. The Labute approximate surface area is 59.1 Å². The SMILES string of the molecule is COCN(CO)C(=O)OC. The molecule has 5 nitrogen and oxygen atoms in total. The monoisotopic (exact) mass is 149 g/mol. The number of hydrogen-bond acceptors (Lipinski definition) is 4. The first-order chi connectivity index (χ1) is 4.76. The second kappa shape index (κ2) is 5.01. The highest BCUT2D eigenvalue weighted by molar-refractivity contribution is 5.66. The first-order valence-electron chi connectivity index (χ1n) is 2.69. The van der Waals surface area contributed by atoms with Gasteiger partial charge < -0.3 is 14.6 Å². The number of rotatable bonds is 3. The highest BCUT2D eigenvalue weighted by atomic mass is 16.6. The van der Waals surface area contributed by atoms with Crippen LogP contribution in [-0.4, -0.2) is 43.8 Å². The number of ether oxygens (including phenoxy) is 2. The minimum atomic E-state index is -0.607. The van der Waals surface area contributed by atoms with Crippen LogP contribution in [0.2, 0.25) is 0 Å². The fourth-order valence-electron chi connectivity index (χ4n) is 0.436. The smallest absolute Gasteiger partial charge is 0.413 e. The Balaban J connectivity index is 3.68. The van der Waals surface area contributed by atoms with Gasteiger partial charge in [-0.05, 0) is 0 Å². The van der Waals surface area contributed by atoms with E-state index in [4.69, 9.17) is 5.11 Å². The molecule has 0 spiro atoms. The van der Waals surface area contributed by atoms with Crippen molar-refractivity contribution < 1.29 is 19.4 Å². The van der Waals surface area contributed by atoms with Crippen LogP contribution in [-0.2, 0) is 9.47 Å². The van der Waals surface area contributed by atoms with E-state index in [0.717, 1.165) is 4.90 Å². The summed E-state index contributed by atoms with van der Waals surface area (Å²) in [5.41, 5.74) is 0. The highest BCUT2D eigenvalue weighted by Crippen LogP contribution is 1.89. The topological polar surface area (TPSA) is 59.0 Å². The number of carbonyl (C=O) groups excluding carboxylic acids is 1. The zero-order chi connectivity index (χ0) is 7.98. The third-order valence-corrected chi connectivity index (χ3v) is 0.888. The predicted molar refractivity (Wildman–Crippen MR) is 33.2 cm³/mol. The van der Waals surface area contributed by atoms with Crippen molar-refractivity contribution in [3.05, 3.63) is 0 Å². The van der Waals surface area contributed by atoms with Gasteiger partial charge in [0.15, 0.2) is 0 Å². The van der Waals surface area contributed by atoms with Gasteiger partial charge in [-0.15, -0.1) is 0 Å². The lowest BCUT2D eigenvalue weighted by atomic mass is 10.8. The molecule has 0 radical (unpaired) electrons. The number of aliphatic hydroxyl groups is 1. The first kappa shape index (κ1) is 9.19. The average Bonchev–Trinajstić information content (AvgIpc) is 1.99. The summed E-state index contributed by atoms with van der Waals surface area (Å²) in [5, 5.41) is 8.50. The summed E-state index contributed by atoms with van der Waals surface area (Å²) in [6.07, 6.45) is -0.607. The summed E-state index contributed by atoms with van der Waals surface area (Å²) in [4.78, 5) is 11.6. The Kier molecular flexibility index (Phi) is 4.61. The molecule has 0 saturated heterocycles. The molecule has 0 aliphatic heterocycles. The van der Waals surface area contributed by atoms with Crippen LogP contribution >= 0.6 is 0 Å². The van der Waals surface area contributed by atoms with Crippen LogP contribution in [0.15, 0.2) is 0 Å². The highest BCUT2D eigenvalue weighted by Gasteiger charge is 2.10. The summed E-state index contributed by atoms with van der Waals surface area (Å²) >= 11 is 0. The summed E-state index contributed by atoms with van der Waals surface area (Å²) < 4.78 is 8.89. The third kappa shape index (κ3) is 2.65. The minimum Gasteiger partial charge on any atom is -0.453 e. The number of nitrogens with zero attached hydrogens (tertiary/aromatic N) is 1. The molecule has 0 heterocycles. The molecular formula is C5H11NO4. The Bertz CT molecular complexity index is 106. The van der Waals surface area contributed by atoms with Crippen molar-refractivity contribution in [2.75, 3.05) is 27.7 Å². The summed E-state index contributed by atoms with van der Waals surface area (Å²) in [5.74, 6) is 0. The molecule has 0 aromatic rings. The Morgan fingerprint density at radius 3 is 2.50 bits per heavy atom. The lowest BCUT2D eigenvalue weighted by Gasteiger charge is -2.16. The molecule has 5 heteroatoms. The van der Waals surface area contributed by atoms with Crippen molar-refractivity contribution in [3.8, 4) is 0 Å². The molecule has 0 aromatic heterocycles. The van der Waals surface area contributed by atoms with Crippen LogP contribution < -0.4 is 0 Å². The summed E-state index contributed by atoms with van der Waals surface area (Å²) in [6.45, 7) is -0.371. The van der Waals surface area contributed by atoms with E-state index in [2.05, 4.69) is 9.47 Å². The van der Waals surface area contributed by atoms with E-state index in [1.807, 2.05) is 0 Å². The lowest BCUT2D eigenvalue weighted by molar-refractivity contribution is 0.00730. The molecule has 0 fully saturated rings. The van der Waals surface area contributed by atoms with Gasteiger partial charge in [0.05, 0.1) is 7.11 Å². The van der Waals surface area contributed by atoms with Gasteiger partial charge >= 0.3 is 6.09 Å². The van der Waals surface area contributed by atoms with E-state index >= 15 is 0 Å². The van der Waals surface area contributed by atoms with Crippen LogP contribution in [0.3, 0.4) is 0 Å². The number of amides is 1. The number of methoxy groups -OCH3 is 2. The molecule has 0 atom stereocenters. The van der Waals surface area contributed by atoms with Gasteiger partial charge in [0.1, 0.15) is 13.5 Å². The van der Waals surface area contributed by atoms with Gasteiger partial charge in [0, 0.05) is 7.11 Å². The van der Waals surface area contributed by atoms with Crippen molar-refractivity contribution in [3.63, 3.8) is 0 Å². The van der Waals surface area contributed by atoms with E-state index in [1.54, 1.807) is 0 Å². The maximum Gasteiger partial charge on any atom is 0.413 e. The van der Waals surface area contributed by atoms with Crippen molar-refractivity contribution in [1.82, 2.24) is 4.90 Å². The zero-order valence-corrected chi connectivity index (χ0v) is 6.03. The van der Waals surface area contributed by atoms with Gasteiger partial charge in [-0.3, -0.25) is 4.90 Å². The fourth-order valence-corrected chi connectivity index (χ4v) is 0.436. The Hall–Kier alpha value is -0.810. The molecule has 0 unspecified atom stereocenters. The lowest BCUT2D eigenvalue weighted by Crippen LogP contribution is -2.33. The Morgan fingerprint density at radius 2 is 2.20 bits per heavy atom. The van der Waals surface area contributed by atoms with E-state index in [0.29, 0.717) is 0 Å². The number of hydrogen-bond donors (Lipinski definition) is 1. The van der Waals surface area contributed by atoms with E-state index in [-0.39, 0.29) is 6.73 Å². The van der Waals surface area contributed by atoms with E-state index in [1.165, 1.54) is 14.2 Å². The summed E-state index contributed by atoms with van der Waals surface area (Å²) in [6, 6.07) is 0. The van der Waals surface area contributed by atoms with E-state index < -0.39 is 12.8 Å². The standard InChI is InChI=1S/C5H11NO4/c1-9-4-6(3-7)5(8)10-2/h7H,3-4H2,1-2H3. The molecule has 1 amide bonds. The maximum atomic E-state index is 10.6. The van der Waals surface area contributed by atoms with E-state index in [9.17, 15) is 4.79 Å². The Morgan fingerprint density at radius 1 is 1.60 bits per heavy atom. The van der Waals surface area contributed by atoms with Crippen LogP contribution in [0.1, 0.15) is 0 Å². The molecule has 0 aliphatic carbocycles. The quantitative estimate of drug-likeness (QED) is 0.555. The van der Waals surface area contributed by atoms with Gasteiger partial charge in [-0.2, -0.15) is 0 Å². The van der Waals surface area contributed by atoms with Gasteiger partial charge in [-0.1, -0.05) is 0 Å². The third-order valence-electron chi connectivity index (χ3n) is 0.888. The largest absolute Gasteiger partial charge is 0.453 e. The van der Waals surface area contributed by atoms with Crippen molar-refractivity contribution in [2.45, 2.75) is 0 Å². The molecule has 10 heavy (non-hydrogen) atoms. The molecule has 0 aromatic carbocycles. The minimum absolute atomic E-state index is 0.0309. The molecule has 0 bridgehead atoms. The summed E-state index contributed by atoms with van der Waals surface area (Å²) in [7, 11) is 2.66. The maximum absolute atomic E-state index is 10.6. The van der Waals surface area contributed by atoms with Gasteiger partial charge in [0.25, 0.3) is 0 Å². The van der Waals surface area contributed by atoms with Crippen LogP contribution in [0.25, 0.3) is 0 Å². The molecule has 0 aliphatic rings. The normalized spacial score (nSPS) is 9.10. The zero-order valence-electron chi connectivity index (χ0n) is 6.03. The second-order valence-corrected chi connectivity index (χ2v) is 1.57. The fraction of sp³-hybridized carbons (Fsp3) is 0.800. The van der Waals surface area contributed by atoms with Crippen molar-refractivity contribution >= 4 is 6.09 Å².